The Morgan fingerprint density at radius 1 is 1.22 bits per heavy atom. The Morgan fingerprint density at radius 3 is 2.67 bits per heavy atom. The van der Waals surface area contributed by atoms with E-state index >= 15 is 0 Å². The maximum absolute atomic E-state index is 6.23. The van der Waals surface area contributed by atoms with Gasteiger partial charge >= 0.3 is 0 Å². The van der Waals surface area contributed by atoms with Gasteiger partial charge in [-0.3, -0.25) is 4.68 Å². The lowest BCUT2D eigenvalue weighted by Crippen LogP contribution is -2.28. The van der Waals surface area contributed by atoms with Gasteiger partial charge < -0.3 is 5.73 Å². The van der Waals surface area contributed by atoms with E-state index < -0.39 is 0 Å². The second-order valence-electron chi connectivity index (χ2n) is 6.22. The lowest BCUT2D eigenvalue weighted by Gasteiger charge is -2.27. The highest BCUT2D eigenvalue weighted by atomic mass is 15.3. The molecule has 100 valence electrons. The normalized spacial score (nSPS) is 23.2. The van der Waals surface area contributed by atoms with Crippen LogP contribution in [-0.2, 0) is 6.42 Å². The molecule has 0 spiro atoms. The first-order valence-electron chi connectivity index (χ1n) is 7.61. The zero-order valence-electron chi connectivity index (χ0n) is 11.2. The number of aromatic nitrogens is 2. The molecule has 0 bridgehead atoms. The summed E-state index contributed by atoms with van der Waals surface area (Å²) in [6, 6.07) is 3.13. The van der Waals surface area contributed by atoms with Gasteiger partial charge in [-0.2, -0.15) is 5.10 Å². The molecule has 2 saturated carbocycles. The number of hydrogen-bond acceptors (Lipinski definition) is 2. The van der Waals surface area contributed by atoms with Gasteiger partial charge in [-0.25, -0.2) is 0 Å². The van der Waals surface area contributed by atoms with Crippen LogP contribution in [0.1, 0.15) is 63.1 Å². The summed E-state index contributed by atoms with van der Waals surface area (Å²) in [4.78, 5) is 0. The fourth-order valence-corrected chi connectivity index (χ4v) is 3.37. The Bertz CT molecular complexity index is 375. The molecule has 18 heavy (non-hydrogen) atoms. The van der Waals surface area contributed by atoms with Crippen LogP contribution in [0.3, 0.4) is 0 Å². The van der Waals surface area contributed by atoms with Gasteiger partial charge in [0.15, 0.2) is 0 Å². The molecule has 0 saturated heterocycles. The molecule has 1 heterocycles. The smallest absolute Gasteiger partial charge is 0.0640 e. The molecular weight excluding hydrogens is 222 g/mol. The highest BCUT2D eigenvalue weighted by molar-refractivity contribution is 5.02. The first-order chi connectivity index (χ1) is 8.81. The summed E-state index contributed by atoms with van der Waals surface area (Å²) in [6.07, 6.45) is 13.8. The second kappa shape index (κ2) is 5.43. The van der Waals surface area contributed by atoms with Crippen LogP contribution in [0.25, 0.3) is 0 Å². The lowest BCUT2D eigenvalue weighted by atomic mass is 9.80. The molecule has 3 nitrogen and oxygen atoms in total. The Morgan fingerprint density at radius 2 is 2.00 bits per heavy atom. The number of rotatable bonds is 5. The molecule has 2 N–H and O–H groups in total. The van der Waals surface area contributed by atoms with Crippen molar-refractivity contribution in [2.75, 3.05) is 0 Å². The third kappa shape index (κ3) is 2.77. The molecule has 3 heteroatoms. The summed E-state index contributed by atoms with van der Waals surface area (Å²) in [7, 11) is 0. The van der Waals surface area contributed by atoms with Crippen LogP contribution < -0.4 is 5.73 Å². The topological polar surface area (TPSA) is 43.8 Å². The lowest BCUT2D eigenvalue weighted by molar-refractivity contribution is 0.275. The zero-order chi connectivity index (χ0) is 12.4. The van der Waals surface area contributed by atoms with Crippen LogP contribution in [0.15, 0.2) is 12.3 Å². The standard InChI is InChI=1S/C15H25N3/c16-13(10-12-4-3-5-12)11-14-8-9-18(17-14)15-6-1-2-7-15/h8-9,12-13,15H,1-7,10-11,16H2. The van der Waals surface area contributed by atoms with Crippen molar-refractivity contribution in [1.82, 2.24) is 9.78 Å². The molecule has 2 aliphatic carbocycles. The molecule has 1 aromatic heterocycles. The van der Waals surface area contributed by atoms with Crippen molar-refractivity contribution in [3.8, 4) is 0 Å². The van der Waals surface area contributed by atoms with Crippen LogP contribution in [0.2, 0.25) is 0 Å². The van der Waals surface area contributed by atoms with E-state index in [-0.39, 0.29) is 0 Å². The molecule has 1 atom stereocenters. The molecule has 0 aromatic carbocycles. The molecule has 1 unspecified atom stereocenters. The summed E-state index contributed by atoms with van der Waals surface area (Å²) in [5, 5.41) is 4.72. The SMILES string of the molecule is NC(Cc1ccn(C2CCCC2)n1)CC1CCC1. The van der Waals surface area contributed by atoms with Crippen LogP contribution in [0, 0.1) is 5.92 Å². The largest absolute Gasteiger partial charge is 0.327 e. The second-order valence-corrected chi connectivity index (χ2v) is 6.22. The summed E-state index contributed by atoms with van der Waals surface area (Å²) in [6.45, 7) is 0. The van der Waals surface area contributed by atoms with E-state index in [1.165, 1.54) is 57.1 Å². The van der Waals surface area contributed by atoms with E-state index in [2.05, 4.69) is 16.9 Å². The molecule has 2 fully saturated rings. The molecule has 0 aliphatic heterocycles. The van der Waals surface area contributed by atoms with Crippen LogP contribution in [-0.4, -0.2) is 15.8 Å². The van der Waals surface area contributed by atoms with Gasteiger partial charge in [-0.15, -0.1) is 0 Å². The average molecular weight is 247 g/mol. The molecule has 0 amide bonds. The zero-order valence-corrected chi connectivity index (χ0v) is 11.2. The van der Waals surface area contributed by atoms with E-state index in [1.807, 2.05) is 0 Å². The van der Waals surface area contributed by atoms with Gasteiger partial charge in [0.1, 0.15) is 0 Å². The fraction of sp³-hybridized carbons (Fsp3) is 0.800. The third-order valence-corrected chi connectivity index (χ3v) is 4.69. The van der Waals surface area contributed by atoms with E-state index in [4.69, 9.17) is 10.8 Å². The van der Waals surface area contributed by atoms with Crippen molar-refractivity contribution in [3.63, 3.8) is 0 Å². The van der Waals surface area contributed by atoms with E-state index in [0.717, 1.165) is 12.3 Å². The maximum Gasteiger partial charge on any atom is 0.0640 e. The van der Waals surface area contributed by atoms with Crippen molar-refractivity contribution < 1.29 is 0 Å². The molecule has 0 radical (unpaired) electrons. The highest BCUT2D eigenvalue weighted by Gasteiger charge is 2.21. The first-order valence-corrected chi connectivity index (χ1v) is 7.61. The summed E-state index contributed by atoms with van der Waals surface area (Å²) < 4.78 is 2.18. The third-order valence-electron chi connectivity index (χ3n) is 4.69. The molecule has 2 aliphatic rings. The predicted molar refractivity (Wildman–Crippen MR) is 73.4 cm³/mol. The van der Waals surface area contributed by atoms with Crippen molar-refractivity contribution in [2.45, 2.75) is 69.9 Å². The molecule has 3 rings (SSSR count). The van der Waals surface area contributed by atoms with Gasteiger partial charge in [-0.05, 0) is 31.2 Å². The number of nitrogens with zero attached hydrogens (tertiary/aromatic N) is 2. The highest BCUT2D eigenvalue weighted by Crippen LogP contribution is 2.31. The number of nitrogens with two attached hydrogens (primary N) is 1. The van der Waals surface area contributed by atoms with Crippen molar-refractivity contribution in [3.05, 3.63) is 18.0 Å². The van der Waals surface area contributed by atoms with Gasteiger partial charge in [0.2, 0.25) is 0 Å². The van der Waals surface area contributed by atoms with E-state index in [1.54, 1.807) is 0 Å². The Labute approximate surface area is 110 Å². The fourth-order valence-electron chi connectivity index (χ4n) is 3.37. The molecular formula is C15H25N3. The summed E-state index contributed by atoms with van der Waals surface area (Å²) in [5.74, 6) is 0.900. The Balaban J connectivity index is 1.52. The summed E-state index contributed by atoms with van der Waals surface area (Å²) in [5.41, 5.74) is 7.42. The van der Waals surface area contributed by atoms with Crippen LogP contribution in [0.4, 0.5) is 0 Å². The average Bonchev–Trinajstić information content (AvgIpc) is 2.92. The van der Waals surface area contributed by atoms with Gasteiger partial charge in [0.25, 0.3) is 0 Å². The van der Waals surface area contributed by atoms with Gasteiger partial charge in [-0.1, -0.05) is 32.1 Å². The van der Waals surface area contributed by atoms with Crippen molar-refractivity contribution in [1.29, 1.82) is 0 Å². The minimum atomic E-state index is 0.308. The number of hydrogen-bond donors (Lipinski definition) is 1. The summed E-state index contributed by atoms with van der Waals surface area (Å²) >= 11 is 0. The quantitative estimate of drug-likeness (QED) is 0.869. The Hall–Kier alpha value is -0.830. The first kappa shape index (κ1) is 12.2. The van der Waals surface area contributed by atoms with Crippen molar-refractivity contribution in [2.24, 2.45) is 11.7 Å². The van der Waals surface area contributed by atoms with Gasteiger partial charge in [0, 0.05) is 18.7 Å². The van der Waals surface area contributed by atoms with Crippen LogP contribution in [0.5, 0.6) is 0 Å². The van der Waals surface area contributed by atoms with Gasteiger partial charge in [0.05, 0.1) is 11.7 Å². The van der Waals surface area contributed by atoms with Crippen LogP contribution >= 0.6 is 0 Å². The molecule has 1 aromatic rings. The van der Waals surface area contributed by atoms with E-state index in [0.29, 0.717) is 12.1 Å². The van der Waals surface area contributed by atoms with Crippen molar-refractivity contribution >= 4 is 0 Å². The van der Waals surface area contributed by atoms with E-state index in [9.17, 15) is 0 Å². The maximum atomic E-state index is 6.23. The minimum Gasteiger partial charge on any atom is -0.327 e. The Kier molecular flexibility index (Phi) is 3.69. The predicted octanol–water partition coefficient (Wildman–Crippen LogP) is 3.06. The monoisotopic (exact) mass is 247 g/mol. The minimum absolute atomic E-state index is 0.308.